The predicted octanol–water partition coefficient (Wildman–Crippen LogP) is -0.420. The summed E-state index contributed by atoms with van der Waals surface area (Å²) in [6, 6.07) is 0. The highest BCUT2D eigenvalue weighted by Crippen LogP contribution is 1.89. The van der Waals surface area contributed by atoms with Gasteiger partial charge in [-0.1, -0.05) is 6.58 Å². The van der Waals surface area contributed by atoms with Crippen LogP contribution in [0.2, 0.25) is 0 Å². The smallest absolute Gasteiger partial charge is 0.327 e. The van der Waals surface area contributed by atoms with Gasteiger partial charge >= 0.3 is 5.69 Å². The summed E-state index contributed by atoms with van der Waals surface area (Å²) in [5.41, 5.74) is 6.04. The molecule has 1 rings (SSSR count). The van der Waals surface area contributed by atoms with Gasteiger partial charge in [-0.2, -0.15) is 5.10 Å². The maximum Gasteiger partial charge on any atom is 0.345 e. The van der Waals surface area contributed by atoms with Crippen molar-refractivity contribution in [2.45, 2.75) is 20.0 Å². The van der Waals surface area contributed by atoms with E-state index in [4.69, 9.17) is 5.73 Å². The molecule has 72 valence electrons. The van der Waals surface area contributed by atoms with Crippen molar-refractivity contribution < 1.29 is 0 Å². The van der Waals surface area contributed by atoms with Crippen LogP contribution in [0.25, 0.3) is 0 Å². The number of rotatable bonds is 4. The lowest BCUT2D eigenvalue weighted by molar-refractivity contribution is 0.620. The van der Waals surface area contributed by atoms with Crippen LogP contribution in [0, 0.1) is 0 Å². The molecule has 0 radical (unpaired) electrons. The lowest BCUT2D eigenvalue weighted by Crippen LogP contribution is -2.26. The Morgan fingerprint density at radius 3 is 2.92 bits per heavy atom. The molecule has 1 heterocycles. The van der Waals surface area contributed by atoms with Crippen LogP contribution in [0.4, 0.5) is 0 Å². The first-order valence-corrected chi connectivity index (χ1v) is 4.18. The molecule has 1 aromatic heterocycles. The Balaban J connectivity index is 2.84. The average Bonchev–Trinajstić information content (AvgIpc) is 2.48. The fraction of sp³-hybridized carbons (Fsp3) is 0.500. The van der Waals surface area contributed by atoms with Crippen LogP contribution >= 0.6 is 0 Å². The summed E-state index contributed by atoms with van der Waals surface area (Å²) < 4.78 is 2.89. The van der Waals surface area contributed by atoms with Gasteiger partial charge in [0, 0.05) is 13.1 Å². The van der Waals surface area contributed by atoms with Gasteiger partial charge in [0.2, 0.25) is 0 Å². The first-order chi connectivity index (χ1) is 6.19. The maximum atomic E-state index is 11.4. The standard InChI is InChI=1S/C8H14N4O/c1-3-11-6-10-12(8(11)13)5-7(2)4-9/h6H,2-5,9H2,1H3. The first-order valence-electron chi connectivity index (χ1n) is 4.18. The summed E-state index contributed by atoms with van der Waals surface area (Å²) in [6.45, 7) is 7.02. The van der Waals surface area contributed by atoms with Gasteiger partial charge in [-0.05, 0) is 12.5 Å². The molecule has 0 saturated heterocycles. The lowest BCUT2D eigenvalue weighted by atomic mass is 10.3. The third kappa shape index (κ3) is 2.06. The Hall–Kier alpha value is -1.36. The molecule has 0 saturated carbocycles. The van der Waals surface area contributed by atoms with Gasteiger partial charge in [0.25, 0.3) is 0 Å². The van der Waals surface area contributed by atoms with Gasteiger partial charge in [0.15, 0.2) is 0 Å². The SMILES string of the molecule is C=C(CN)Cn1ncn(CC)c1=O. The van der Waals surface area contributed by atoms with Crippen molar-refractivity contribution in [3.05, 3.63) is 29.0 Å². The van der Waals surface area contributed by atoms with Gasteiger partial charge < -0.3 is 5.73 Å². The van der Waals surface area contributed by atoms with E-state index in [1.165, 1.54) is 15.6 Å². The molecule has 13 heavy (non-hydrogen) atoms. The molecule has 2 N–H and O–H groups in total. The van der Waals surface area contributed by atoms with E-state index in [0.717, 1.165) is 5.57 Å². The molecule has 1 aromatic rings. The second-order valence-corrected chi connectivity index (χ2v) is 2.81. The summed E-state index contributed by atoms with van der Waals surface area (Å²) in [4.78, 5) is 11.4. The van der Waals surface area contributed by atoms with Crippen LogP contribution in [0.5, 0.6) is 0 Å². The van der Waals surface area contributed by atoms with Crippen LogP contribution in [0.3, 0.4) is 0 Å². The van der Waals surface area contributed by atoms with Crippen LogP contribution < -0.4 is 11.4 Å². The summed E-state index contributed by atoms with van der Waals surface area (Å²) in [5, 5.41) is 3.93. The van der Waals surface area contributed by atoms with Crippen LogP contribution in [0.15, 0.2) is 23.3 Å². The molecule has 5 nitrogen and oxygen atoms in total. The Bertz CT molecular complexity index is 349. The topological polar surface area (TPSA) is 65.8 Å². The molecule has 0 aliphatic carbocycles. The number of nitrogens with zero attached hydrogens (tertiary/aromatic N) is 3. The molecule has 0 bridgehead atoms. The molecule has 0 aliphatic rings. The zero-order chi connectivity index (χ0) is 9.84. The van der Waals surface area contributed by atoms with E-state index in [1.54, 1.807) is 0 Å². The largest absolute Gasteiger partial charge is 0.345 e. The first kappa shape index (κ1) is 9.73. The molecular formula is C8H14N4O. The molecule has 0 aromatic carbocycles. The zero-order valence-electron chi connectivity index (χ0n) is 7.73. The van der Waals surface area contributed by atoms with Crippen LogP contribution in [-0.4, -0.2) is 20.9 Å². The van der Waals surface area contributed by atoms with E-state index < -0.39 is 0 Å². The second-order valence-electron chi connectivity index (χ2n) is 2.81. The number of aromatic nitrogens is 3. The normalized spacial score (nSPS) is 10.3. The van der Waals surface area contributed by atoms with E-state index in [1.807, 2.05) is 6.92 Å². The molecule has 5 heteroatoms. The molecule has 0 atom stereocenters. The van der Waals surface area contributed by atoms with Crippen molar-refractivity contribution in [1.82, 2.24) is 14.3 Å². The van der Waals surface area contributed by atoms with Crippen molar-refractivity contribution in [2.24, 2.45) is 5.73 Å². The van der Waals surface area contributed by atoms with Gasteiger partial charge in [-0.25, -0.2) is 9.48 Å². The highest BCUT2D eigenvalue weighted by molar-refractivity contribution is 4.95. The number of nitrogens with two attached hydrogens (primary N) is 1. The zero-order valence-corrected chi connectivity index (χ0v) is 7.73. The summed E-state index contributed by atoms with van der Waals surface area (Å²) in [6.07, 6.45) is 1.52. The minimum Gasteiger partial charge on any atom is -0.327 e. The molecule has 0 aliphatic heterocycles. The third-order valence-corrected chi connectivity index (χ3v) is 1.80. The molecule has 0 amide bonds. The predicted molar refractivity (Wildman–Crippen MR) is 50.4 cm³/mol. The van der Waals surface area contributed by atoms with Crippen molar-refractivity contribution in [1.29, 1.82) is 0 Å². The van der Waals surface area contributed by atoms with Crippen LogP contribution in [-0.2, 0) is 13.1 Å². The molecule has 0 fully saturated rings. The number of aryl methyl sites for hydroxylation is 1. The monoisotopic (exact) mass is 182 g/mol. The van der Waals surface area contributed by atoms with Gasteiger partial charge in [-0.15, -0.1) is 0 Å². The van der Waals surface area contributed by atoms with Crippen molar-refractivity contribution in [2.75, 3.05) is 6.54 Å². The summed E-state index contributed by atoms with van der Waals surface area (Å²) in [5.74, 6) is 0. The van der Waals surface area contributed by atoms with E-state index >= 15 is 0 Å². The van der Waals surface area contributed by atoms with Gasteiger partial charge in [0.1, 0.15) is 6.33 Å². The fourth-order valence-electron chi connectivity index (χ4n) is 0.973. The lowest BCUT2D eigenvalue weighted by Gasteiger charge is -2.00. The van der Waals surface area contributed by atoms with Crippen molar-refractivity contribution in [3.63, 3.8) is 0 Å². The average molecular weight is 182 g/mol. The fourth-order valence-corrected chi connectivity index (χ4v) is 0.973. The third-order valence-electron chi connectivity index (χ3n) is 1.80. The van der Waals surface area contributed by atoms with Crippen molar-refractivity contribution in [3.8, 4) is 0 Å². The second kappa shape index (κ2) is 4.04. The Kier molecular flexibility index (Phi) is 3.02. The van der Waals surface area contributed by atoms with Gasteiger partial charge in [-0.3, -0.25) is 4.57 Å². The number of hydrogen-bond acceptors (Lipinski definition) is 3. The molecule has 0 unspecified atom stereocenters. The quantitative estimate of drug-likeness (QED) is 0.643. The Morgan fingerprint density at radius 1 is 1.77 bits per heavy atom. The minimum atomic E-state index is -0.114. The maximum absolute atomic E-state index is 11.4. The molecular weight excluding hydrogens is 168 g/mol. The van der Waals surface area contributed by atoms with E-state index in [2.05, 4.69) is 11.7 Å². The Labute approximate surface area is 76.5 Å². The number of hydrogen-bond donors (Lipinski definition) is 1. The minimum absolute atomic E-state index is 0.114. The van der Waals surface area contributed by atoms with Gasteiger partial charge in [0.05, 0.1) is 6.54 Å². The van der Waals surface area contributed by atoms with Crippen LogP contribution in [0.1, 0.15) is 6.92 Å². The Morgan fingerprint density at radius 2 is 2.46 bits per heavy atom. The van der Waals surface area contributed by atoms with E-state index in [0.29, 0.717) is 19.6 Å². The summed E-state index contributed by atoms with van der Waals surface area (Å²) >= 11 is 0. The van der Waals surface area contributed by atoms with E-state index in [-0.39, 0.29) is 5.69 Å². The van der Waals surface area contributed by atoms with E-state index in [9.17, 15) is 4.79 Å². The molecule has 0 spiro atoms. The summed E-state index contributed by atoms with van der Waals surface area (Å²) in [7, 11) is 0. The highest BCUT2D eigenvalue weighted by atomic mass is 16.2. The van der Waals surface area contributed by atoms with Crippen molar-refractivity contribution >= 4 is 0 Å². The highest BCUT2D eigenvalue weighted by Gasteiger charge is 2.03.